The van der Waals surface area contributed by atoms with Gasteiger partial charge in [0.15, 0.2) is 0 Å². The number of thioether (sulfide) groups is 1. The Morgan fingerprint density at radius 1 is 1.12 bits per heavy atom. The summed E-state index contributed by atoms with van der Waals surface area (Å²) < 4.78 is 39.1. The van der Waals surface area contributed by atoms with Gasteiger partial charge in [-0.1, -0.05) is 43.8 Å². The van der Waals surface area contributed by atoms with Crippen molar-refractivity contribution >= 4 is 23.4 Å². The number of pyridine rings is 1. The van der Waals surface area contributed by atoms with Crippen molar-refractivity contribution in [2.75, 3.05) is 5.32 Å². The largest absolute Gasteiger partial charge is 0.418 e. The number of carbonyl (C=O) groups excluding carboxylic acids is 1. The van der Waals surface area contributed by atoms with Gasteiger partial charge in [-0.3, -0.25) is 4.79 Å². The maximum Gasteiger partial charge on any atom is 0.418 e. The molecule has 0 radical (unpaired) electrons. The molecule has 1 aromatic carbocycles. The molecule has 0 aliphatic carbocycles. The van der Waals surface area contributed by atoms with Gasteiger partial charge in [0.1, 0.15) is 0 Å². The third-order valence-electron chi connectivity index (χ3n) is 3.24. The van der Waals surface area contributed by atoms with E-state index in [-0.39, 0.29) is 11.6 Å². The van der Waals surface area contributed by atoms with Crippen LogP contribution in [-0.2, 0) is 11.0 Å². The lowest BCUT2D eigenvalue weighted by Crippen LogP contribution is -2.30. The number of halogens is 3. The van der Waals surface area contributed by atoms with Gasteiger partial charge in [-0.15, -0.1) is 0 Å². The van der Waals surface area contributed by atoms with Crippen LogP contribution in [0.3, 0.4) is 0 Å². The molecule has 1 unspecified atom stereocenters. The number of alkyl halides is 3. The highest BCUT2D eigenvalue weighted by Crippen LogP contribution is 2.35. The van der Waals surface area contributed by atoms with E-state index in [4.69, 9.17) is 0 Å². The fraction of sp³-hybridized carbons (Fsp3) is 0.294. The average Bonchev–Trinajstić information content (AvgIpc) is 2.52. The third-order valence-corrected chi connectivity index (χ3v) is 4.74. The second kappa shape index (κ2) is 7.70. The monoisotopic (exact) mass is 354 g/mol. The molecule has 1 heterocycles. The Morgan fingerprint density at radius 2 is 1.79 bits per heavy atom. The molecule has 2 rings (SSSR count). The van der Waals surface area contributed by atoms with Crippen molar-refractivity contribution in [3.8, 4) is 0 Å². The first-order valence-electron chi connectivity index (χ1n) is 7.34. The number of nitrogens with zero attached hydrogens (tertiary/aromatic N) is 1. The molecule has 0 saturated carbocycles. The van der Waals surface area contributed by atoms with E-state index in [9.17, 15) is 18.0 Å². The van der Waals surface area contributed by atoms with Crippen LogP contribution in [0.4, 0.5) is 18.9 Å². The minimum Gasteiger partial charge on any atom is -0.325 e. The highest BCUT2D eigenvalue weighted by Gasteiger charge is 2.34. The molecule has 1 atom stereocenters. The summed E-state index contributed by atoms with van der Waals surface area (Å²) in [7, 11) is 0. The highest BCUT2D eigenvalue weighted by molar-refractivity contribution is 8.00. The number of carbonyl (C=O) groups is 1. The maximum absolute atomic E-state index is 13.0. The molecule has 128 valence electrons. The van der Waals surface area contributed by atoms with Crippen molar-refractivity contribution < 1.29 is 18.0 Å². The van der Waals surface area contributed by atoms with E-state index in [1.54, 1.807) is 24.4 Å². The topological polar surface area (TPSA) is 42.0 Å². The first-order chi connectivity index (χ1) is 11.3. The van der Waals surface area contributed by atoms with Crippen LogP contribution in [0.2, 0.25) is 0 Å². The minimum absolute atomic E-state index is 0.0740. The summed E-state index contributed by atoms with van der Waals surface area (Å²) in [6.45, 7) is 3.69. The van der Waals surface area contributed by atoms with Crippen molar-refractivity contribution in [3.05, 3.63) is 54.2 Å². The molecule has 24 heavy (non-hydrogen) atoms. The summed E-state index contributed by atoms with van der Waals surface area (Å²) >= 11 is 1.23. The first kappa shape index (κ1) is 18.3. The van der Waals surface area contributed by atoms with Crippen molar-refractivity contribution in [2.24, 2.45) is 5.92 Å². The number of nitrogens with one attached hydrogen (secondary N) is 1. The van der Waals surface area contributed by atoms with Crippen LogP contribution in [0.5, 0.6) is 0 Å². The molecule has 0 fully saturated rings. The molecule has 0 bridgehead atoms. The molecule has 0 aliphatic heterocycles. The van der Waals surface area contributed by atoms with Gasteiger partial charge in [-0.25, -0.2) is 4.98 Å². The molecule has 1 N–H and O–H groups in total. The Morgan fingerprint density at radius 3 is 2.38 bits per heavy atom. The van der Waals surface area contributed by atoms with Gasteiger partial charge in [-0.2, -0.15) is 13.2 Å². The molecular weight excluding hydrogens is 337 g/mol. The second-order valence-corrected chi connectivity index (χ2v) is 6.64. The number of amides is 1. The van der Waals surface area contributed by atoms with E-state index in [0.717, 1.165) is 6.07 Å². The van der Waals surface area contributed by atoms with Crippen LogP contribution < -0.4 is 5.32 Å². The van der Waals surface area contributed by atoms with Gasteiger partial charge in [0.2, 0.25) is 5.91 Å². The van der Waals surface area contributed by atoms with Crippen LogP contribution in [0.1, 0.15) is 19.4 Å². The number of hydrogen-bond donors (Lipinski definition) is 1. The van der Waals surface area contributed by atoms with Crippen molar-refractivity contribution in [1.82, 2.24) is 4.98 Å². The van der Waals surface area contributed by atoms with Crippen LogP contribution in [0, 0.1) is 5.92 Å². The Balaban J connectivity index is 2.20. The molecule has 0 aliphatic rings. The lowest BCUT2D eigenvalue weighted by molar-refractivity contribution is -0.137. The lowest BCUT2D eigenvalue weighted by atomic mass is 10.1. The number of aromatic nitrogens is 1. The minimum atomic E-state index is -4.52. The van der Waals surface area contributed by atoms with Gasteiger partial charge in [0, 0.05) is 6.20 Å². The van der Waals surface area contributed by atoms with E-state index in [1.165, 1.54) is 30.0 Å². The number of rotatable bonds is 5. The van der Waals surface area contributed by atoms with E-state index in [2.05, 4.69) is 10.3 Å². The number of anilines is 1. The van der Waals surface area contributed by atoms with Gasteiger partial charge < -0.3 is 5.32 Å². The molecule has 1 aromatic heterocycles. The molecule has 3 nitrogen and oxygen atoms in total. The molecular formula is C17H17F3N2OS. The Hall–Kier alpha value is -2.02. The van der Waals surface area contributed by atoms with Crippen LogP contribution in [0.15, 0.2) is 53.7 Å². The quantitative estimate of drug-likeness (QED) is 0.780. The second-order valence-electron chi connectivity index (χ2n) is 5.48. The molecule has 2 aromatic rings. The number of para-hydroxylation sites is 1. The predicted molar refractivity (Wildman–Crippen MR) is 88.8 cm³/mol. The van der Waals surface area contributed by atoms with Gasteiger partial charge in [-0.05, 0) is 30.2 Å². The zero-order chi connectivity index (χ0) is 17.7. The zero-order valence-electron chi connectivity index (χ0n) is 13.2. The third kappa shape index (κ3) is 4.74. The van der Waals surface area contributed by atoms with Crippen LogP contribution >= 0.6 is 11.8 Å². The van der Waals surface area contributed by atoms with E-state index in [0.29, 0.717) is 5.03 Å². The fourth-order valence-electron chi connectivity index (χ4n) is 2.08. The number of benzene rings is 1. The lowest BCUT2D eigenvalue weighted by Gasteiger charge is -2.21. The summed E-state index contributed by atoms with van der Waals surface area (Å²) in [5.74, 6) is -0.549. The van der Waals surface area contributed by atoms with E-state index in [1.807, 2.05) is 13.8 Å². The van der Waals surface area contributed by atoms with E-state index < -0.39 is 22.9 Å². The van der Waals surface area contributed by atoms with Crippen LogP contribution in [-0.4, -0.2) is 16.1 Å². The summed E-state index contributed by atoms with van der Waals surface area (Å²) in [6, 6.07) is 10.3. The van der Waals surface area contributed by atoms with E-state index >= 15 is 0 Å². The summed E-state index contributed by atoms with van der Waals surface area (Å²) in [6.07, 6.45) is -2.91. The Kier molecular flexibility index (Phi) is 5.88. The fourth-order valence-corrected chi connectivity index (χ4v) is 3.06. The first-order valence-corrected chi connectivity index (χ1v) is 8.22. The van der Waals surface area contributed by atoms with Gasteiger partial charge in [0.05, 0.1) is 21.5 Å². The smallest absolute Gasteiger partial charge is 0.325 e. The molecule has 0 saturated heterocycles. The number of hydrogen-bond acceptors (Lipinski definition) is 3. The maximum atomic E-state index is 13.0. The Labute approximate surface area is 142 Å². The van der Waals surface area contributed by atoms with Crippen molar-refractivity contribution in [1.29, 1.82) is 0 Å². The van der Waals surface area contributed by atoms with Crippen molar-refractivity contribution in [2.45, 2.75) is 30.3 Å². The zero-order valence-corrected chi connectivity index (χ0v) is 14.0. The van der Waals surface area contributed by atoms with Crippen LogP contribution in [0.25, 0.3) is 0 Å². The van der Waals surface area contributed by atoms with Gasteiger partial charge >= 0.3 is 6.18 Å². The SMILES string of the molecule is CC(C)C(Sc1ccccn1)C(=O)Nc1ccccc1C(F)(F)F. The van der Waals surface area contributed by atoms with Crippen molar-refractivity contribution in [3.63, 3.8) is 0 Å². The molecule has 0 spiro atoms. The Bertz CT molecular complexity index is 690. The summed E-state index contributed by atoms with van der Waals surface area (Å²) in [4.78, 5) is 16.7. The summed E-state index contributed by atoms with van der Waals surface area (Å²) in [5.41, 5.74) is -1.09. The average molecular weight is 354 g/mol. The normalized spacial score (nSPS) is 12.9. The molecule has 7 heteroatoms. The standard InChI is InChI=1S/C17H17F3N2OS/c1-11(2)15(24-14-9-5-6-10-21-14)16(23)22-13-8-4-3-7-12(13)17(18,19)20/h3-11,15H,1-2H3,(H,22,23). The molecule has 1 amide bonds. The highest BCUT2D eigenvalue weighted by atomic mass is 32.2. The van der Waals surface area contributed by atoms with Gasteiger partial charge in [0.25, 0.3) is 0 Å². The summed E-state index contributed by atoms with van der Waals surface area (Å²) in [5, 5.41) is 2.51. The predicted octanol–water partition coefficient (Wildman–Crippen LogP) is 4.86.